The number of phenols is 3. The fraction of sp³-hybridized carbons (Fsp3) is 0.526. The summed E-state index contributed by atoms with van der Waals surface area (Å²) in [6, 6.07) is 16.6. The highest BCUT2D eigenvalue weighted by Crippen LogP contribution is 2.51. The van der Waals surface area contributed by atoms with E-state index in [9.17, 15) is 45.0 Å². The molecule has 4 aromatic carbocycles. The molecule has 9 nitrogen and oxygen atoms in total. The van der Waals surface area contributed by atoms with Crippen LogP contribution < -0.4 is 0 Å². The molecule has 0 aliphatic rings. The normalized spacial score (nSPS) is 14.5. The van der Waals surface area contributed by atoms with Gasteiger partial charge in [0.15, 0.2) is 0 Å². The molecule has 6 N–H and O–H groups in total. The second kappa shape index (κ2) is 18.4. The van der Waals surface area contributed by atoms with Crippen molar-refractivity contribution >= 4 is 17.9 Å². The van der Waals surface area contributed by atoms with Gasteiger partial charge in [0.1, 0.15) is 17.2 Å². The molecule has 3 atom stereocenters. The molecular formula is C57H78O9. The number of hydrogen-bond donors (Lipinski definition) is 6. The summed E-state index contributed by atoms with van der Waals surface area (Å²) in [6.45, 7) is 35.6. The quantitative estimate of drug-likeness (QED) is 0.0809. The molecule has 0 heterocycles. The molecule has 0 saturated carbocycles. The molecule has 4 aromatic rings. The third kappa shape index (κ3) is 11.8. The lowest BCUT2D eigenvalue weighted by Crippen LogP contribution is -2.23. The average molecular weight is 907 g/mol. The summed E-state index contributed by atoms with van der Waals surface area (Å²) >= 11 is 0. The Labute approximate surface area is 394 Å². The second-order valence-corrected chi connectivity index (χ2v) is 24.7. The van der Waals surface area contributed by atoms with E-state index in [4.69, 9.17) is 0 Å². The third-order valence-corrected chi connectivity index (χ3v) is 12.9. The Morgan fingerprint density at radius 3 is 0.773 bits per heavy atom. The molecule has 360 valence electrons. The zero-order valence-electron chi connectivity index (χ0n) is 43.0. The van der Waals surface area contributed by atoms with E-state index in [2.05, 4.69) is 0 Å². The van der Waals surface area contributed by atoms with Crippen LogP contribution in [0.25, 0.3) is 0 Å². The minimum absolute atomic E-state index is 0.107. The van der Waals surface area contributed by atoms with Crippen molar-refractivity contribution in [1.29, 1.82) is 0 Å². The van der Waals surface area contributed by atoms with Gasteiger partial charge >= 0.3 is 17.9 Å². The maximum absolute atomic E-state index is 13.4. The minimum Gasteiger partial charge on any atom is -0.507 e. The van der Waals surface area contributed by atoms with Crippen molar-refractivity contribution in [3.05, 3.63) is 121 Å². The molecule has 66 heavy (non-hydrogen) atoms. The molecule has 9 heteroatoms. The van der Waals surface area contributed by atoms with Crippen molar-refractivity contribution in [1.82, 2.24) is 0 Å². The zero-order chi connectivity index (χ0) is 50.6. The first kappa shape index (κ1) is 53.3. The Morgan fingerprint density at radius 1 is 0.379 bits per heavy atom. The van der Waals surface area contributed by atoms with E-state index in [1.54, 1.807) is 6.07 Å². The zero-order valence-corrected chi connectivity index (χ0v) is 43.0. The molecular weight excluding hydrogens is 829 g/mol. The van der Waals surface area contributed by atoms with E-state index in [1.165, 1.54) is 0 Å². The van der Waals surface area contributed by atoms with E-state index in [0.29, 0.717) is 66.8 Å². The molecule has 0 aromatic heterocycles. The van der Waals surface area contributed by atoms with Crippen LogP contribution in [-0.4, -0.2) is 48.5 Å². The number of hydrogen-bond acceptors (Lipinski definition) is 6. The van der Waals surface area contributed by atoms with Gasteiger partial charge in [0, 0.05) is 17.8 Å². The topological polar surface area (TPSA) is 173 Å². The van der Waals surface area contributed by atoms with Crippen LogP contribution in [-0.2, 0) is 46.9 Å². The molecule has 0 bridgehead atoms. The van der Waals surface area contributed by atoms with Gasteiger partial charge in [0.25, 0.3) is 0 Å². The Kier molecular flexibility index (Phi) is 14.9. The van der Waals surface area contributed by atoms with Gasteiger partial charge in [-0.2, -0.15) is 0 Å². The van der Waals surface area contributed by atoms with Gasteiger partial charge in [0.2, 0.25) is 0 Å². The predicted molar refractivity (Wildman–Crippen MR) is 265 cm³/mol. The average Bonchev–Trinajstić information content (AvgIpc) is 3.12. The number of aliphatic carboxylic acids is 3. The Hall–Kier alpha value is -5.31. The number of aromatic hydroxyl groups is 3. The van der Waals surface area contributed by atoms with Crippen LogP contribution >= 0.6 is 0 Å². The summed E-state index contributed by atoms with van der Waals surface area (Å²) in [5, 5.41) is 68.3. The van der Waals surface area contributed by atoms with Crippen LogP contribution in [0.5, 0.6) is 17.2 Å². The Bertz CT molecular complexity index is 2260. The summed E-state index contributed by atoms with van der Waals surface area (Å²) in [5.74, 6) is -5.77. The second-order valence-electron chi connectivity index (χ2n) is 24.7. The van der Waals surface area contributed by atoms with E-state index in [0.717, 1.165) is 0 Å². The maximum atomic E-state index is 13.4. The van der Waals surface area contributed by atoms with E-state index in [1.807, 2.05) is 173 Å². The number of benzene rings is 4. The lowest BCUT2D eigenvalue weighted by molar-refractivity contribution is -0.138. The lowest BCUT2D eigenvalue weighted by atomic mass is 9.69. The summed E-state index contributed by atoms with van der Waals surface area (Å²) < 4.78 is 0. The minimum atomic E-state index is -1.13. The van der Waals surface area contributed by atoms with E-state index < -0.39 is 87.4 Å². The molecule has 4 rings (SSSR count). The van der Waals surface area contributed by atoms with Gasteiger partial charge in [-0.25, -0.2) is 0 Å². The van der Waals surface area contributed by atoms with Gasteiger partial charge < -0.3 is 30.6 Å². The fourth-order valence-electron chi connectivity index (χ4n) is 9.34. The van der Waals surface area contributed by atoms with Crippen molar-refractivity contribution in [3.8, 4) is 17.2 Å². The van der Waals surface area contributed by atoms with Crippen molar-refractivity contribution in [3.63, 3.8) is 0 Å². The molecule has 3 unspecified atom stereocenters. The summed E-state index contributed by atoms with van der Waals surface area (Å²) in [5.41, 5.74) is 3.57. The number of phenolic OH excluding ortho intramolecular Hbond substituents is 3. The lowest BCUT2D eigenvalue weighted by Gasteiger charge is -2.34. The molecule has 0 aliphatic carbocycles. The van der Waals surface area contributed by atoms with Gasteiger partial charge in [-0.15, -0.1) is 0 Å². The first-order chi connectivity index (χ1) is 29.8. The highest BCUT2D eigenvalue weighted by atomic mass is 16.4. The fourth-order valence-corrected chi connectivity index (χ4v) is 9.34. The third-order valence-electron chi connectivity index (χ3n) is 12.9. The van der Waals surface area contributed by atoms with Crippen LogP contribution in [0.4, 0.5) is 0 Å². The number of rotatable bonds is 12. The number of carboxylic acids is 3. The first-order valence-corrected chi connectivity index (χ1v) is 23.2. The van der Waals surface area contributed by atoms with Crippen molar-refractivity contribution in [2.45, 2.75) is 194 Å². The van der Waals surface area contributed by atoms with Crippen LogP contribution in [0.2, 0.25) is 0 Å². The Morgan fingerprint density at radius 2 is 0.576 bits per heavy atom. The molecule has 0 saturated heterocycles. The van der Waals surface area contributed by atoms with Crippen molar-refractivity contribution in [2.75, 3.05) is 0 Å². The van der Waals surface area contributed by atoms with Gasteiger partial charge in [-0.05, 0) is 99.3 Å². The molecule has 0 aliphatic heterocycles. The van der Waals surface area contributed by atoms with Gasteiger partial charge in [0.05, 0.1) is 19.3 Å². The molecule has 0 spiro atoms. The monoisotopic (exact) mass is 907 g/mol. The molecule has 0 radical (unpaired) electrons. The van der Waals surface area contributed by atoms with Crippen LogP contribution in [0.15, 0.2) is 54.6 Å². The van der Waals surface area contributed by atoms with E-state index >= 15 is 0 Å². The largest absolute Gasteiger partial charge is 0.507 e. The standard InChI is InChI=1S/C57H78O9/c1-52(2,3)39-22-31(23-40(49(39)64)53(4,5)6)36(28-45(58)59)34-20-19-21-35(37(29-46(60)61)32-24-41(54(7,8)9)50(65)42(25-32)55(10,11)12)48(34)38(30-47(62)63)33-26-43(56(13,14)15)51(66)44(27-33)57(16,17)18/h19-27,36-38,64-66H,28-30H2,1-18H3,(H,58,59)(H,60,61)(H,62,63). The SMILES string of the molecule is CC(C)(C)c1cc(C(CC(=O)O)c2cccc(C(CC(=O)O)c3cc(C(C)(C)C)c(O)c(C(C)(C)C)c3)c2C(CC(=O)O)c2cc(C(C)(C)C)c(O)c(C(C)(C)C)c2)cc(C(C)(C)C)c1O. The maximum Gasteiger partial charge on any atom is 0.304 e. The summed E-state index contributed by atoms with van der Waals surface area (Å²) in [6.07, 6.45) is -1.27. The highest BCUT2D eigenvalue weighted by Gasteiger charge is 2.38. The van der Waals surface area contributed by atoms with Gasteiger partial charge in [-0.1, -0.05) is 179 Å². The Balaban J connectivity index is 2.43. The highest BCUT2D eigenvalue weighted by molar-refractivity contribution is 5.74. The van der Waals surface area contributed by atoms with Crippen LogP contribution in [0.1, 0.15) is 228 Å². The molecule has 0 fully saturated rings. The van der Waals surface area contributed by atoms with Gasteiger partial charge in [-0.3, -0.25) is 14.4 Å². The predicted octanol–water partition coefficient (Wildman–Crippen LogP) is 13.4. The van der Waals surface area contributed by atoms with Crippen LogP contribution in [0.3, 0.4) is 0 Å². The van der Waals surface area contributed by atoms with Crippen LogP contribution in [0, 0.1) is 0 Å². The number of carbonyl (C=O) groups is 3. The van der Waals surface area contributed by atoms with Crippen molar-refractivity contribution < 1.29 is 45.0 Å². The summed E-state index contributed by atoms with van der Waals surface area (Å²) in [4.78, 5) is 40.0. The molecule has 0 amide bonds. The first-order valence-electron chi connectivity index (χ1n) is 23.2. The summed E-state index contributed by atoms with van der Waals surface area (Å²) in [7, 11) is 0. The smallest absolute Gasteiger partial charge is 0.304 e. The van der Waals surface area contributed by atoms with Crippen molar-refractivity contribution in [2.24, 2.45) is 0 Å². The van der Waals surface area contributed by atoms with E-state index in [-0.39, 0.29) is 17.2 Å². The number of carboxylic acid groups (broad SMARTS) is 3.